The number of anilines is 6. The predicted octanol–water partition coefficient (Wildman–Crippen LogP) is 25.1. The second kappa shape index (κ2) is 39.5. The third-order valence-electron chi connectivity index (χ3n) is 19.7. The number of nitrogens with zero attached hydrogens (tertiary/aromatic N) is 6. The molecule has 6 amide bonds. The van der Waals surface area contributed by atoms with E-state index in [-0.39, 0.29) is 95.8 Å². The number of alkyl halides is 28. The van der Waals surface area contributed by atoms with E-state index in [4.69, 9.17) is 0 Å². The standard InChI is InChI=1S/C27H16BrF12N3O2.2C27H18BrF10N3O3/c28-17-10-14(24(31,26(35,36)37)27(38,39)40)9-16(25(32,33)34)21(17)42-22(44)15-2-1-3-18(20(15)30)43(11-12-4-5-12)23(45)13-6-7-41-19(29)8-13;28-17-9-15(25(32,26(33,34)35)27(36,37)38)10-19(44-24(30)31)21(17)40-22(42)16-4-1-5-18(20(16)29)41(12-13-6-7-13)23(43)14-3-2-8-39-11-14;28-17-10-15(25(32,26(33,34)35)27(36,37)38)11-19(44-24(30)31)21(17)40-22(42)16-2-1-3-18(20(16)29)41(12-13-4-5-13)23(43)14-6-8-39-9-7-14/h1-3,6-10,12H,4-5,11H2,(H,42,44);1-5,8-11,13,24H,6-7,12H2,(H,40,42);1-3,6-11,13,24H,4-5,12H2,(H,40,42). The Kier molecular flexibility index (Phi) is 30.7. The van der Waals surface area contributed by atoms with Crippen LogP contribution in [0.4, 0.5) is 175 Å². The predicted molar refractivity (Wildman–Crippen MR) is 414 cm³/mol. The number of hydrogen-bond acceptors (Lipinski definition) is 11. The Labute approximate surface area is 750 Å². The van der Waals surface area contributed by atoms with E-state index in [9.17, 15) is 156 Å². The second-order valence-corrected chi connectivity index (χ2v) is 31.5. The molecule has 0 radical (unpaired) electrons. The molecule has 0 atom stereocenters. The van der Waals surface area contributed by atoms with Gasteiger partial charge in [0.1, 0.15) is 0 Å². The highest BCUT2D eigenvalue weighted by molar-refractivity contribution is 9.11. The van der Waals surface area contributed by atoms with Gasteiger partial charge >= 0.3 is 73.5 Å². The molecule has 0 bridgehead atoms. The van der Waals surface area contributed by atoms with Gasteiger partial charge in [0, 0.05) is 97.9 Å². The van der Waals surface area contributed by atoms with E-state index < -0.39 is 225 Å². The van der Waals surface area contributed by atoms with Gasteiger partial charge in [-0.05, 0) is 207 Å². The fourth-order valence-electron chi connectivity index (χ4n) is 12.6. The largest absolute Gasteiger partial charge is 0.435 e. The van der Waals surface area contributed by atoms with E-state index >= 15 is 13.2 Å². The van der Waals surface area contributed by atoms with Crippen LogP contribution in [0, 0.1) is 41.2 Å². The molecule has 12 rings (SSSR count). The summed E-state index contributed by atoms with van der Waals surface area (Å²) in [6, 6.07) is 15.3. The Balaban J connectivity index is 0.000000207. The molecular weight excluding hydrogens is 2070 g/mol. The number of halogens is 35. The lowest BCUT2D eigenvalue weighted by Crippen LogP contribution is -2.50. The van der Waals surface area contributed by atoms with Gasteiger partial charge in [0.25, 0.3) is 35.4 Å². The van der Waals surface area contributed by atoms with Crippen molar-refractivity contribution >= 4 is 117 Å². The Hall–Kier alpha value is -11.6. The molecule has 3 aromatic heterocycles. The number of pyridine rings is 3. The number of aromatic nitrogens is 3. The minimum atomic E-state index is -6.74. The number of ether oxygens (including phenoxy) is 2. The first-order valence-corrected chi connectivity index (χ1v) is 39.6. The van der Waals surface area contributed by atoms with Crippen LogP contribution in [0.25, 0.3) is 0 Å². The summed E-state index contributed by atoms with van der Waals surface area (Å²) < 4.78 is 443. The van der Waals surface area contributed by atoms with E-state index in [2.05, 4.69) is 72.2 Å². The van der Waals surface area contributed by atoms with Gasteiger partial charge in [0.05, 0.1) is 61.9 Å². The zero-order chi connectivity index (χ0) is 98.9. The Morgan fingerprint density at radius 2 is 0.684 bits per heavy atom. The van der Waals surface area contributed by atoms with Crippen molar-refractivity contribution in [2.45, 2.75) is 112 Å². The lowest BCUT2D eigenvalue weighted by Gasteiger charge is -2.31. The Morgan fingerprint density at radius 3 is 0.992 bits per heavy atom. The highest BCUT2D eigenvalue weighted by Crippen LogP contribution is 2.59. The quantitative estimate of drug-likeness (QED) is 0.0362. The summed E-state index contributed by atoms with van der Waals surface area (Å²) >= 11 is 7.47. The van der Waals surface area contributed by atoms with Crippen molar-refractivity contribution in [3.05, 3.63) is 251 Å². The number of amides is 6. The first-order valence-electron chi connectivity index (χ1n) is 37.2. The van der Waals surface area contributed by atoms with Crippen LogP contribution >= 0.6 is 47.8 Å². The van der Waals surface area contributed by atoms with Crippen LogP contribution in [0.5, 0.6) is 11.5 Å². The maximum atomic E-state index is 15.8. The first-order chi connectivity index (χ1) is 61.6. The summed E-state index contributed by atoms with van der Waals surface area (Å²) in [5.74, 6) is -14.7. The molecule has 3 heterocycles. The highest BCUT2D eigenvalue weighted by Gasteiger charge is 2.76. The van der Waals surface area contributed by atoms with Gasteiger partial charge in [-0.25, -0.2) is 31.3 Å². The molecule has 714 valence electrons. The van der Waals surface area contributed by atoms with E-state index in [0.29, 0.717) is 12.8 Å². The van der Waals surface area contributed by atoms with E-state index in [1.54, 1.807) is 5.32 Å². The Morgan fingerprint density at radius 1 is 0.368 bits per heavy atom. The van der Waals surface area contributed by atoms with Gasteiger partial charge < -0.3 is 40.1 Å². The molecule has 17 nitrogen and oxygen atoms in total. The smallest absolute Gasteiger partial charge is 0.433 e. The molecule has 6 aromatic carbocycles. The molecule has 3 fully saturated rings. The summed E-state index contributed by atoms with van der Waals surface area (Å²) in [6.07, 6.45) is -35.0. The van der Waals surface area contributed by atoms with Crippen LogP contribution in [0.15, 0.2) is 172 Å². The van der Waals surface area contributed by atoms with Crippen molar-refractivity contribution in [2.24, 2.45) is 17.8 Å². The SMILES string of the molecule is O=C(Nc1c(Br)cc(C(F)(C(F)(F)F)C(F)(F)F)cc1C(F)(F)F)c1cccc(N(CC2CC2)C(=O)c2ccnc(F)c2)c1F.O=C(Nc1c(Br)cc(C(F)(C(F)(F)F)C(F)(F)F)cc1OC(F)F)c1cccc(N(CC2CC2)C(=O)c2cccnc2)c1F.O=C(Nc1c(Br)cc(C(F)(C(F)(F)F)C(F)(F)F)cc1OC(F)F)c1cccc(N(CC2CC2)C(=O)c2ccncc2)c1F. The maximum absolute atomic E-state index is 15.8. The lowest BCUT2D eigenvalue weighted by molar-refractivity contribution is -0.349. The third kappa shape index (κ3) is 22.9. The monoisotopic (exact) mass is 2120 g/mol. The molecule has 3 aliphatic rings. The van der Waals surface area contributed by atoms with E-state index in [1.807, 2.05) is 10.6 Å². The van der Waals surface area contributed by atoms with Crippen LogP contribution in [-0.2, 0) is 23.2 Å². The molecule has 0 aliphatic heterocycles. The molecule has 0 unspecified atom stereocenters. The molecule has 0 saturated heterocycles. The van der Waals surface area contributed by atoms with Gasteiger partial charge in [-0.3, -0.25) is 38.7 Å². The summed E-state index contributed by atoms with van der Waals surface area (Å²) in [6.45, 7) is -7.66. The van der Waals surface area contributed by atoms with Crippen molar-refractivity contribution in [1.29, 1.82) is 0 Å². The molecule has 0 spiro atoms. The molecule has 3 N–H and O–H groups in total. The summed E-state index contributed by atoms with van der Waals surface area (Å²) in [5, 5.41) is 5.39. The van der Waals surface area contributed by atoms with E-state index in [0.717, 1.165) is 89.0 Å². The van der Waals surface area contributed by atoms with Crippen LogP contribution in [0.3, 0.4) is 0 Å². The normalized spacial score (nSPS) is 14.1. The molecule has 3 aliphatic carbocycles. The fraction of sp³-hybridized carbons (Fsp3) is 0.296. The fourth-order valence-corrected chi connectivity index (χ4v) is 14.2. The third-order valence-corrected chi connectivity index (χ3v) is 21.6. The van der Waals surface area contributed by atoms with Crippen molar-refractivity contribution in [3.8, 4) is 11.5 Å². The van der Waals surface area contributed by atoms with Crippen molar-refractivity contribution in [3.63, 3.8) is 0 Å². The van der Waals surface area contributed by atoms with Gasteiger partial charge in [0.15, 0.2) is 29.0 Å². The molecular formula is C81H52Br3F32N9O8. The summed E-state index contributed by atoms with van der Waals surface area (Å²) in [5.41, 5.74) is -34.6. The van der Waals surface area contributed by atoms with Crippen LogP contribution in [0.2, 0.25) is 0 Å². The highest BCUT2D eigenvalue weighted by atomic mass is 79.9. The van der Waals surface area contributed by atoms with E-state index in [1.165, 1.54) is 73.3 Å². The van der Waals surface area contributed by atoms with Crippen molar-refractivity contribution in [2.75, 3.05) is 50.3 Å². The van der Waals surface area contributed by atoms with Crippen LogP contribution in [0.1, 0.15) is 123 Å². The number of nitrogens with one attached hydrogen (secondary N) is 3. The number of hydrogen-bond donors (Lipinski definition) is 3. The van der Waals surface area contributed by atoms with Crippen molar-refractivity contribution < 1.29 is 179 Å². The topological polar surface area (TPSA) is 205 Å². The second-order valence-electron chi connectivity index (χ2n) is 29.0. The van der Waals surface area contributed by atoms with Gasteiger partial charge in [0.2, 0.25) is 5.95 Å². The van der Waals surface area contributed by atoms with Gasteiger partial charge in [-0.2, -0.15) is 114 Å². The first kappa shape index (κ1) is 103. The lowest BCUT2D eigenvalue weighted by atomic mass is 9.92. The average molecular weight is 2130 g/mol. The average Bonchev–Trinajstić information content (AvgIpc) is 1.45. The Bertz CT molecular complexity index is 5570. The number of carbonyl (C=O) groups excluding carboxylic acids is 6. The maximum Gasteiger partial charge on any atom is 0.435 e. The number of carbonyl (C=O) groups is 6. The van der Waals surface area contributed by atoms with Crippen LogP contribution < -0.4 is 40.1 Å². The number of rotatable bonds is 25. The van der Waals surface area contributed by atoms with Crippen LogP contribution in [-0.4, -0.2) is 120 Å². The number of benzene rings is 6. The molecule has 9 aromatic rings. The zero-order valence-electron chi connectivity index (χ0n) is 65.4. The minimum Gasteiger partial charge on any atom is -0.433 e. The molecule has 52 heteroatoms. The molecule has 133 heavy (non-hydrogen) atoms. The van der Waals surface area contributed by atoms with Crippen molar-refractivity contribution in [1.82, 2.24) is 15.0 Å². The summed E-state index contributed by atoms with van der Waals surface area (Å²) in [7, 11) is 0. The van der Waals surface area contributed by atoms with Gasteiger partial charge in [-0.1, -0.05) is 18.2 Å². The summed E-state index contributed by atoms with van der Waals surface area (Å²) in [4.78, 5) is 92.9. The zero-order valence-corrected chi connectivity index (χ0v) is 70.2. The van der Waals surface area contributed by atoms with Gasteiger partial charge in [-0.15, -0.1) is 0 Å². The minimum absolute atomic E-state index is 0.0343. The molecule has 3 saturated carbocycles.